The van der Waals surface area contributed by atoms with E-state index in [4.69, 9.17) is 4.74 Å². The number of nitrogens with one attached hydrogen (secondary N) is 1. The molecule has 1 aliphatic carbocycles. The summed E-state index contributed by atoms with van der Waals surface area (Å²) in [7, 11) is 0. The molecular formula is C15H23NO4. The van der Waals surface area contributed by atoms with Crippen molar-refractivity contribution in [3.63, 3.8) is 0 Å². The lowest BCUT2D eigenvalue weighted by molar-refractivity contribution is -0.147. The number of carbonyl (C=O) groups is 2. The molecule has 112 valence electrons. The number of amides is 1. The molecule has 0 spiro atoms. The lowest BCUT2D eigenvalue weighted by atomic mass is 9.80. The molecule has 0 aromatic carbocycles. The SMILES string of the molecule is CC1(CNC(=O)C2CC=CCC2C(=O)O)CCOCC1. The molecule has 2 unspecified atom stereocenters. The van der Waals surface area contributed by atoms with Crippen LogP contribution in [0.4, 0.5) is 0 Å². The van der Waals surface area contributed by atoms with Crippen molar-refractivity contribution in [3.8, 4) is 0 Å². The van der Waals surface area contributed by atoms with Crippen molar-refractivity contribution in [2.45, 2.75) is 32.6 Å². The van der Waals surface area contributed by atoms with Crippen LogP contribution in [0.3, 0.4) is 0 Å². The van der Waals surface area contributed by atoms with Crippen LogP contribution >= 0.6 is 0 Å². The Kier molecular flexibility index (Phi) is 4.81. The number of allylic oxidation sites excluding steroid dienone is 2. The normalized spacial score (nSPS) is 28.9. The minimum absolute atomic E-state index is 0.0666. The Morgan fingerprint density at radius 3 is 2.45 bits per heavy atom. The maximum atomic E-state index is 12.3. The zero-order chi connectivity index (χ0) is 14.6. The maximum Gasteiger partial charge on any atom is 0.307 e. The van der Waals surface area contributed by atoms with E-state index in [0.29, 0.717) is 19.4 Å². The van der Waals surface area contributed by atoms with Crippen molar-refractivity contribution in [1.82, 2.24) is 5.32 Å². The van der Waals surface area contributed by atoms with E-state index in [9.17, 15) is 14.7 Å². The van der Waals surface area contributed by atoms with Crippen LogP contribution in [0.25, 0.3) is 0 Å². The molecule has 1 amide bonds. The van der Waals surface area contributed by atoms with Gasteiger partial charge >= 0.3 is 5.97 Å². The number of rotatable bonds is 4. The van der Waals surface area contributed by atoms with E-state index < -0.39 is 17.8 Å². The summed E-state index contributed by atoms with van der Waals surface area (Å²) in [5.74, 6) is -2.05. The summed E-state index contributed by atoms with van der Waals surface area (Å²) in [6.07, 6.45) is 6.57. The summed E-state index contributed by atoms with van der Waals surface area (Å²) >= 11 is 0. The van der Waals surface area contributed by atoms with Gasteiger partial charge in [0.1, 0.15) is 0 Å². The third-order valence-electron chi connectivity index (χ3n) is 4.48. The fraction of sp³-hybridized carbons (Fsp3) is 0.733. The van der Waals surface area contributed by atoms with Gasteiger partial charge in [-0.25, -0.2) is 0 Å². The third-order valence-corrected chi connectivity index (χ3v) is 4.48. The standard InChI is InChI=1S/C15H23NO4/c1-15(6-8-20-9-7-15)10-16-13(17)11-4-2-3-5-12(11)14(18)19/h2-3,11-12H,4-10H2,1H3,(H,16,17)(H,18,19). The highest BCUT2D eigenvalue weighted by Gasteiger charge is 2.35. The zero-order valence-corrected chi connectivity index (χ0v) is 11.9. The molecule has 1 aliphatic heterocycles. The number of aliphatic carboxylic acids is 1. The molecule has 2 rings (SSSR count). The van der Waals surface area contributed by atoms with Gasteiger partial charge in [0.05, 0.1) is 11.8 Å². The van der Waals surface area contributed by atoms with E-state index in [2.05, 4.69) is 12.2 Å². The number of hydrogen-bond acceptors (Lipinski definition) is 3. The van der Waals surface area contributed by atoms with Gasteiger partial charge in [0.2, 0.25) is 5.91 Å². The largest absolute Gasteiger partial charge is 0.481 e. The lowest BCUT2D eigenvalue weighted by Gasteiger charge is -2.34. The molecule has 0 aromatic rings. The Bertz CT molecular complexity index is 399. The van der Waals surface area contributed by atoms with Gasteiger partial charge in [-0.2, -0.15) is 0 Å². The van der Waals surface area contributed by atoms with Crippen molar-refractivity contribution < 1.29 is 19.4 Å². The molecule has 0 aromatic heterocycles. The van der Waals surface area contributed by atoms with Crippen molar-refractivity contribution in [1.29, 1.82) is 0 Å². The van der Waals surface area contributed by atoms with Gasteiger partial charge < -0.3 is 15.2 Å². The highest BCUT2D eigenvalue weighted by atomic mass is 16.5. The smallest absolute Gasteiger partial charge is 0.307 e. The first-order valence-electron chi connectivity index (χ1n) is 7.25. The molecule has 2 aliphatic rings. The van der Waals surface area contributed by atoms with Gasteiger partial charge in [-0.3, -0.25) is 9.59 Å². The number of carboxylic acids is 1. The minimum atomic E-state index is -0.883. The monoisotopic (exact) mass is 281 g/mol. The second-order valence-electron chi connectivity index (χ2n) is 6.13. The minimum Gasteiger partial charge on any atom is -0.481 e. The lowest BCUT2D eigenvalue weighted by Crippen LogP contribution is -2.44. The average Bonchev–Trinajstić information content (AvgIpc) is 2.45. The van der Waals surface area contributed by atoms with Crippen molar-refractivity contribution in [2.75, 3.05) is 19.8 Å². The molecular weight excluding hydrogens is 258 g/mol. The fourth-order valence-electron chi connectivity index (χ4n) is 2.85. The van der Waals surface area contributed by atoms with Gasteiger partial charge in [0.15, 0.2) is 0 Å². The maximum absolute atomic E-state index is 12.3. The first kappa shape index (κ1) is 15.0. The van der Waals surface area contributed by atoms with E-state index >= 15 is 0 Å². The Morgan fingerprint density at radius 1 is 1.25 bits per heavy atom. The first-order valence-corrected chi connectivity index (χ1v) is 7.25. The molecule has 0 bridgehead atoms. The molecule has 1 heterocycles. The molecule has 1 saturated heterocycles. The topological polar surface area (TPSA) is 75.6 Å². The van der Waals surface area contributed by atoms with Crippen LogP contribution in [-0.2, 0) is 14.3 Å². The predicted molar refractivity (Wildman–Crippen MR) is 74.2 cm³/mol. The van der Waals surface area contributed by atoms with E-state index in [1.54, 1.807) is 0 Å². The predicted octanol–water partition coefficient (Wildman–Crippen LogP) is 1.59. The van der Waals surface area contributed by atoms with Crippen LogP contribution in [0.2, 0.25) is 0 Å². The third kappa shape index (κ3) is 3.60. The zero-order valence-electron chi connectivity index (χ0n) is 11.9. The Hall–Kier alpha value is -1.36. The van der Waals surface area contributed by atoms with Gasteiger partial charge in [-0.05, 0) is 31.1 Å². The summed E-state index contributed by atoms with van der Waals surface area (Å²) in [6, 6.07) is 0. The summed E-state index contributed by atoms with van der Waals surface area (Å²) in [4.78, 5) is 23.5. The fourth-order valence-corrected chi connectivity index (χ4v) is 2.85. The van der Waals surface area contributed by atoms with E-state index in [1.807, 2.05) is 12.2 Å². The number of carbonyl (C=O) groups excluding carboxylic acids is 1. The van der Waals surface area contributed by atoms with Crippen LogP contribution in [0.5, 0.6) is 0 Å². The van der Waals surface area contributed by atoms with Crippen molar-refractivity contribution >= 4 is 11.9 Å². The van der Waals surface area contributed by atoms with E-state index in [1.165, 1.54) is 0 Å². The molecule has 2 atom stereocenters. The van der Waals surface area contributed by atoms with Crippen LogP contribution in [0, 0.1) is 17.3 Å². The Balaban J connectivity index is 1.90. The summed E-state index contributed by atoms with van der Waals surface area (Å²) in [5, 5.41) is 12.2. The van der Waals surface area contributed by atoms with Crippen LogP contribution in [0.15, 0.2) is 12.2 Å². The molecule has 0 radical (unpaired) electrons. The second-order valence-corrected chi connectivity index (χ2v) is 6.13. The molecule has 1 fully saturated rings. The first-order chi connectivity index (χ1) is 9.52. The van der Waals surface area contributed by atoms with Crippen molar-refractivity contribution in [3.05, 3.63) is 12.2 Å². The van der Waals surface area contributed by atoms with Gasteiger partial charge in [0.25, 0.3) is 0 Å². The Morgan fingerprint density at radius 2 is 1.85 bits per heavy atom. The second kappa shape index (κ2) is 6.39. The molecule has 0 saturated carbocycles. The van der Waals surface area contributed by atoms with Gasteiger partial charge in [-0.1, -0.05) is 19.1 Å². The molecule has 20 heavy (non-hydrogen) atoms. The van der Waals surface area contributed by atoms with Gasteiger partial charge in [0, 0.05) is 19.8 Å². The molecule has 5 heteroatoms. The summed E-state index contributed by atoms with van der Waals surface area (Å²) < 4.78 is 5.34. The number of carboxylic acid groups (broad SMARTS) is 1. The average molecular weight is 281 g/mol. The summed E-state index contributed by atoms with van der Waals surface area (Å²) in [6.45, 7) is 4.21. The van der Waals surface area contributed by atoms with Gasteiger partial charge in [-0.15, -0.1) is 0 Å². The van der Waals surface area contributed by atoms with Crippen molar-refractivity contribution in [2.24, 2.45) is 17.3 Å². The summed E-state index contributed by atoms with van der Waals surface area (Å²) in [5.41, 5.74) is 0.0666. The highest BCUT2D eigenvalue weighted by molar-refractivity contribution is 5.85. The highest BCUT2D eigenvalue weighted by Crippen LogP contribution is 2.30. The van der Waals surface area contributed by atoms with Crippen LogP contribution in [0.1, 0.15) is 32.6 Å². The van der Waals surface area contributed by atoms with E-state index in [-0.39, 0.29) is 11.3 Å². The number of hydrogen-bond donors (Lipinski definition) is 2. The van der Waals surface area contributed by atoms with Crippen LogP contribution in [-0.4, -0.2) is 36.7 Å². The van der Waals surface area contributed by atoms with Crippen LogP contribution < -0.4 is 5.32 Å². The molecule has 2 N–H and O–H groups in total. The van der Waals surface area contributed by atoms with E-state index in [0.717, 1.165) is 26.1 Å². The Labute approximate surface area is 119 Å². The number of ether oxygens (including phenoxy) is 1. The quantitative estimate of drug-likeness (QED) is 0.767. The molecule has 5 nitrogen and oxygen atoms in total.